The molecule has 2 N–H and O–H groups in total. The topological polar surface area (TPSA) is 48.8 Å². The molecule has 62 heavy (non-hydrogen) atoms. The van der Waals surface area contributed by atoms with Gasteiger partial charge in [0, 0.05) is 11.4 Å². The average molecular weight is 886 g/mol. The van der Waals surface area contributed by atoms with Crippen LogP contribution in [0.5, 0.6) is 0 Å². The third kappa shape index (κ3) is 11.9. The van der Waals surface area contributed by atoms with Crippen LogP contribution in [0.3, 0.4) is 0 Å². The quantitative estimate of drug-likeness (QED) is 0.0725. The third-order valence-electron chi connectivity index (χ3n) is 11.0. The number of nitrogens with zero attached hydrogens (tertiary/aromatic N) is 2. The summed E-state index contributed by atoms with van der Waals surface area (Å²) in [5.41, 5.74) is 18.1. The van der Waals surface area contributed by atoms with Crippen LogP contribution < -0.4 is 26.5 Å². The zero-order valence-electron chi connectivity index (χ0n) is 38.5. The largest absolute Gasteiger partial charge is 1.00 e. The predicted molar refractivity (Wildman–Crippen MR) is 271 cm³/mol. The van der Waals surface area contributed by atoms with Gasteiger partial charge in [0.15, 0.2) is 11.7 Å². The average Bonchev–Trinajstić information content (AvgIpc) is 3.20. The number of anilines is 2. The summed E-state index contributed by atoms with van der Waals surface area (Å²) in [7, 11) is -0.877. The van der Waals surface area contributed by atoms with Crippen molar-refractivity contribution in [2.45, 2.75) is 83.1 Å². The molecular formula is C56H62CuN4P+2. The fourth-order valence-corrected chi connectivity index (χ4v) is 11.1. The number of amidine groups is 2. The second kappa shape index (κ2) is 21.5. The van der Waals surface area contributed by atoms with Gasteiger partial charge < -0.3 is 10.6 Å². The maximum Gasteiger partial charge on any atom is 1.00 e. The van der Waals surface area contributed by atoms with Crippen molar-refractivity contribution in [2.24, 2.45) is 9.98 Å². The molecule has 0 saturated carbocycles. The van der Waals surface area contributed by atoms with Gasteiger partial charge in [-0.15, -0.1) is 0 Å². The SMILES string of the molecule is Cc1cc(C)c(N=C(Nc2c(C)cc(C)cc2C)C(=Nc2c(C)cc(C)cc2C)Nc2c(C)cc(C)cc2C)c(C)c1.[Cu+].c1ccc([PH+](c2ccccc2)c2ccccc2)cc1. The second-order valence-corrected chi connectivity index (χ2v) is 19.2. The summed E-state index contributed by atoms with van der Waals surface area (Å²) in [6.07, 6.45) is 0. The van der Waals surface area contributed by atoms with E-state index in [-0.39, 0.29) is 17.1 Å². The molecule has 0 aliphatic heterocycles. The van der Waals surface area contributed by atoms with Crippen LogP contribution in [0.4, 0.5) is 22.7 Å². The van der Waals surface area contributed by atoms with Crippen molar-refractivity contribution in [1.82, 2.24) is 0 Å². The van der Waals surface area contributed by atoms with E-state index in [1.807, 2.05) is 0 Å². The molecule has 7 aromatic rings. The molecule has 0 bridgehead atoms. The van der Waals surface area contributed by atoms with E-state index in [1.165, 1.54) is 60.4 Å². The minimum Gasteiger partial charge on any atom is -0.337 e. The van der Waals surface area contributed by atoms with E-state index in [2.05, 4.69) is 233 Å². The number of aryl methyl sites for hydroxylation is 12. The Morgan fingerprint density at radius 2 is 0.565 bits per heavy atom. The summed E-state index contributed by atoms with van der Waals surface area (Å²) in [5, 5.41) is 11.8. The van der Waals surface area contributed by atoms with Gasteiger partial charge in [-0.05, 0) is 164 Å². The summed E-state index contributed by atoms with van der Waals surface area (Å²) < 4.78 is 0. The van der Waals surface area contributed by atoms with E-state index in [0.29, 0.717) is 11.7 Å². The van der Waals surface area contributed by atoms with Gasteiger partial charge in [0.25, 0.3) is 0 Å². The number of nitrogens with one attached hydrogen (secondary N) is 2. The van der Waals surface area contributed by atoms with Crippen molar-refractivity contribution in [3.8, 4) is 0 Å². The second-order valence-electron chi connectivity index (χ2n) is 16.7. The summed E-state index contributed by atoms with van der Waals surface area (Å²) in [5.74, 6) is 1.36. The minimum atomic E-state index is -0.877. The van der Waals surface area contributed by atoms with E-state index in [0.717, 1.165) is 45.0 Å². The Kier molecular flexibility index (Phi) is 16.5. The van der Waals surface area contributed by atoms with Crippen molar-refractivity contribution >= 4 is 58.3 Å². The zero-order valence-corrected chi connectivity index (χ0v) is 40.4. The van der Waals surface area contributed by atoms with Crippen LogP contribution in [-0.4, -0.2) is 11.7 Å². The molecule has 7 rings (SSSR count). The number of hydrogen-bond donors (Lipinski definition) is 2. The van der Waals surface area contributed by atoms with Crippen LogP contribution >= 0.6 is 7.92 Å². The Hall–Kier alpha value is -5.57. The number of benzene rings is 7. The molecule has 7 aromatic carbocycles. The van der Waals surface area contributed by atoms with Crippen LogP contribution in [0.15, 0.2) is 150 Å². The van der Waals surface area contributed by atoms with E-state index in [1.54, 1.807) is 0 Å². The molecule has 0 saturated heterocycles. The van der Waals surface area contributed by atoms with Crippen molar-refractivity contribution in [3.05, 3.63) is 206 Å². The molecule has 6 heteroatoms. The Balaban J connectivity index is 0.000000301. The first-order valence-electron chi connectivity index (χ1n) is 21.2. The molecule has 0 spiro atoms. The predicted octanol–water partition coefficient (Wildman–Crippen LogP) is 13.5. The fraction of sp³-hybridized carbons (Fsp3) is 0.214. The van der Waals surface area contributed by atoms with E-state index in [4.69, 9.17) is 9.98 Å². The van der Waals surface area contributed by atoms with Gasteiger partial charge in [-0.25, -0.2) is 9.98 Å². The third-order valence-corrected chi connectivity index (χ3v) is 13.7. The van der Waals surface area contributed by atoms with E-state index >= 15 is 0 Å². The van der Waals surface area contributed by atoms with Gasteiger partial charge in [0.05, 0.1) is 19.3 Å². The van der Waals surface area contributed by atoms with Crippen LogP contribution in [-0.2, 0) is 17.1 Å². The first kappa shape index (κ1) is 47.5. The van der Waals surface area contributed by atoms with Crippen LogP contribution in [0.2, 0.25) is 0 Å². The van der Waals surface area contributed by atoms with Gasteiger partial charge in [-0.3, -0.25) is 0 Å². The monoisotopic (exact) mass is 884 g/mol. The zero-order chi connectivity index (χ0) is 43.8. The molecule has 0 fully saturated rings. The normalized spacial score (nSPS) is 11.4. The molecule has 0 unspecified atom stereocenters. The fourth-order valence-electron chi connectivity index (χ4n) is 8.51. The molecule has 0 heterocycles. The van der Waals surface area contributed by atoms with Gasteiger partial charge in [-0.1, -0.05) is 125 Å². The Bertz CT molecular complexity index is 2390. The van der Waals surface area contributed by atoms with Crippen molar-refractivity contribution < 1.29 is 17.1 Å². The smallest absolute Gasteiger partial charge is 0.337 e. The van der Waals surface area contributed by atoms with Gasteiger partial charge in [0.1, 0.15) is 15.9 Å². The number of rotatable bonds is 7. The Morgan fingerprint density at radius 1 is 0.339 bits per heavy atom. The molecule has 320 valence electrons. The Labute approximate surface area is 383 Å². The molecule has 0 aromatic heterocycles. The van der Waals surface area contributed by atoms with Gasteiger partial charge >= 0.3 is 17.1 Å². The van der Waals surface area contributed by atoms with Crippen molar-refractivity contribution in [1.29, 1.82) is 0 Å². The molecule has 0 atom stereocenters. The van der Waals surface area contributed by atoms with Crippen LogP contribution in [0.1, 0.15) is 66.8 Å². The molecule has 0 amide bonds. The van der Waals surface area contributed by atoms with Crippen molar-refractivity contribution in [3.63, 3.8) is 0 Å². The molecule has 4 nitrogen and oxygen atoms in total. The van der Waals surface area contributed by atoms with Gasteiger partial charge in [-0.2, -0.15) is 0 Å². The molecular weight excluding hydrogens is 823 g/mol. The summed E-state index contributed by atoms with van der Waals surface area (Å²) in [6.45, 7) is 25.6. The number of aliphatic imine (C=N–C) groups is 2. The standard InChI is InChI=1S/C38H46N4.C18H15P.Cu/c1-21-13-25(5)33(26(6)14-21)39-37(40-34-27(7)15-22(2)16-28(34)8)38(41-35-29(9)17-23(3)18-30(35)10)42-36-31(11)19-24(4)20-32(36)12;1-4-10-16(11-5-1)19(17-12-6-2-7-13-17)18-14-8-3-9-15-18;/h13-20H,1-12H3,(H,39,40)(H,41,42);1-15H;/q;;+1/p+1. The first-order chi connectivity index (χ1) is 29.2. The van der Waals surface area contributed by atoms with E-state index in [9.17, 15) is 0 Å². The van der Waals surface area contributed by atoms with Gasteiger partial charge in [0.2, 0.25) is 0 Å². The van der Waals surface area contributed by atoms with Crippen LogP contribution in [0, 0.1) is 83.1 Å². The summed E-state index contributed by atoms with van der Waals surface area (Å²) in [6, 6.07) is 50.1. The maximum absolute atomic E-state index is 5.36. The summed E-state index contributed by atoms with van der Waals surface area (Å²) >= 11 is 0. The Morgan fingerprint density at radius 3 is 0.806 bits per heavy atom. The van der Waals surface area contributed by atoms with Crippen LogP contribution in [0.25, 0.3) is 0 Å². The maximum atomic E-state index is 5.36. The number of hydrogen-bond acceptors (Lipinski definition) is 2. The molecule has 0 radical (unpaired) electrons. The molecule has 0 aliphatic carbocycles. The summed E-state index contributed by atoms with van der Waals surface area (Å²) in [4.78, 5) is 10.7. The minimum absolute atomic E-state index is 0. The van der Waals surface area contributed by atoms with Crippen molar-refractivity contribution in [2.75, 3.05) is 10.6 Å². The molecule has 0 aliphatic rings. The van der Waals surface area contributed by atoms with E-state index < -0.39 is 7.92 Å². The first-order valence-corrected chi connectivity index (χ1v) is 22.7.